The van der Waals surface area contributed by atoms with E-state index in [0.29, 0.717) is 5.75 Å². The molecule has 2 rings (SSSR count). The van der Waals surface area contributed by atoms with E-state index in [1.165, 1.54) is 20.1 Å². The molecule has 19 heavy (non-hydrogen) atoms. The van der Waals surface area contributed by atoms with E-state index in [9.17, 15) is 9.59 Å². The molecule has 0 amide bonds. The third-order valence-corrected chi connectivity index (χ3v) is 2.77. The van der Waals surface area contributed by atoms with Crippen LogP contribution in [-0.4, -0.2) is 19.7 Å². The molecular weight excluding hydrogens is 248 g/mol. The monoisotopic (exact) mass is 262 g/mol. The Balaban J connectivity index is 2.76. The molecule has 0 fully saturated rings. The quantitative estimate of drug-likeness (QED) is 0.480. The van der Waals surface area contributed by atoms with Crippen molar-refractivity contribution in [2.75, 3.05) is 13.9 Å². The summed E-state index contributed by atoms with van der Waals surface area (Å²) < 4.78 is 15.3. The highest BCUT2D eigenvalue weighted by Crippen LogP contribution is 2.29. The van der Waals surface area contributed by atoms with Crippen LogP contribution in [0, 0.1) is 6.92 Å². The van der Waals surface area contributed by atoms with Crippen molar-refractivity contribution in [1.29, 1.82) is 0 Å². The minimum absolute atomic E-state index is 0.0157. The number of methoxy groups -OCH3 is 1. The van der Waals surface area contributed by atoms with Crippen LogP contribution >= 0.6 is 0 Å². The lowest BCUT2D eigenvalue weighted by atomic mass is 10.0. The van der Waals surface area contributed by atoms with Gasteiger partial charge in [-0.1, -0.05) is 0 Å². The predicted molar refractivity (Wildman–Crippen MR) is 69.7 cm³/mol. The molecule has 100 valence electrons. The Morgan fingerprint density at radius 1 is 1.37 bits per heavy atom. The van der Waals surface area contributed by atoms with Crippen LogP contribution in [0.25, 0.3) is 11.0 Å². The highest BCUT2D eigenvalue weighted by atomic mass is 16.7. The van der Waals surface area contributed by atoms with E-state index in [1.807, 2.05) is 0 Å². The Morgan fingerprint density at radius 2 is 2.11 bits per heavy atom. The van der Waals surface area contributed by atoms with Gasteiger partial charge in [-0.05, 0) is 31.5 Å². The SMILES string of the molecule is COCOc1ccc2c(C)cc(=O)oc2c1C(C)=O. The van der Waals surface area contributed by atoms with Crippen molar-refractivity contribution in [3.05, 3.63) is 39.7 Å². The van der Waals surface area contributed by atoms with E-state index in [4.69, 9.17) is 13.9 Å². The van der Waals surface area contributed by atoms with Crippen molar-refractivity contribution < 1.29 is 18.7 Å². The van der Waals surface area contributed by atoms with Gasteiger partial charge in [0.25, 0.3) is 0 Å². The van der Waals surface area contributed by atoms with Gasteiger partial charge < -0.3 is 13.9 Å². The Bertz CT molecular complexity index is 684. The molecule has 1 heterocycles. The minimum Gasteiger partial charge on any atom is -0.467 e. The molecule has 0 atom stereocenters. The molecule has 0 aliphatic rings. The number of carbonyl (C=O) groups excluding carboxylic acids is 1. The molecule has 2 aromatic rings. The Kier molecular flexibility index (Phi) is 3.66. The van der Waals surface area contributed by atoms with E-state index < -0.39 is 5.63 Å². The second kappa shape index (κ2) is 5.24. The van der Waals surface area contributed by atoms with Gasteiger partial charge in [0.2, 0.25) is 0 Å². The fourth-order valence-corrected chi connectivity index (χ4v) is 1.94. The van der Waals surface area contributed by atoms with Gasteiger partial charge in [-0.25, -0.2) is 4.79 Å². The van der Waals surface area contributed by atoms with Gasteiger partial charge in [-0.3, -0.25) is 4.79 Å². The molecular formula is C14H14O5. The lowest BCUT2D eigenvalue weighted by molar-refractivity contribution is 0.0503. The van der Waals surface area contributed by atoms with E-state index >= 15 is 0 Å². The number of carbonyl (C=O) groups is 1. The zero-order valence-corrected chi connectivity index (χ0v) is 11.0. The Labute approximate surface area is 109 Å². The summed E-state index contributed by atoms with van der Waals surface area (Å²) in [6.45, 7) is 3.21. The summed E-state index contributed by atoms with van der Waals surface area (Å²) in [6.07, 6.45) is 0. The molecule has 0 spiro atoms. The van der Waals surface area contributed by atoms with Gasteiger partial charge in [-0.15, -0.1) is 0 Å². The second-order valence-electron chi connectivity index (χ2n) is 4.17. The predicted octanol–water partition coefficient (Wildman–Crippen LogP) is 2.29. The van der Waals surface area contributed by atoms with Crippen LogP contribution in [0.3, 0.4) is 0 Å². The summed E-state index contributed by atoms with van der Waals surface area (Å²) >= 11 is 0. The Hall–Kier alpha value is -2.14. The van der Waals surface area contributed by atoms with Crippen LogP contribution in [-0.2, 0) is 4.74 Å². The molecule has 0 radical (unpaired) electrons. The molecule has 1 aromatic carbocycles. The van der Waals surface area contributed by atoms with Crippen molar-refractivity contribution >= 4 is 16.8 Å². The number of ketones is 1. The summed E-state index contributed by atoms with van der Waals surface area (Å²) in [6, 6.07) is 4.82. The molecule has 0 aliphatic heterocycles. The summed E-state index contributed by atoms with van der Waals surface area (Å²) in [5.74, 6) is 0.112. The number of ether oxygens (including phenoxy) is 2. The first-order valence-electron chi connectivity index (χ1n) is 5.74. The zero-order chi connectivity index (χ0) is 14.0. The van der Waals surface area contributed by atoms with Gasteiger partial charge in [0, 0.05) is 18.6 Å². The molecule has 1 aromatic heterocycles. The van der Waals surface area contributed by atoms with Crippen molar-refractivity contribution in [3.8, 4) is 5.75 Å². The maximum absolute atomic E-state index is 11.8. The highest BCUT2D eigenvalue weighted by molar-refractivity contribution is 6.07. The van der Waals surface area contributed by atoms with Crippen molar-refractivity contribution in [1.82, 2.24) is 0 Å². The van der Waals surface area contributed by atoms with E-state index in [1.54, 1.807) is 19.1 Å². The number of hydrogen-bond donors (Lipinski definition) is 0. The van der Waals surface area contributed by atoms with Crippen LogP contribution < -0.4 is 10.4 Å². The Morgan fingerprint density at radius 3 is 2.74 bits per heavy atom. The molecule has 0 N–H and O–H groups in total. The van der Waals surface area contributed by atoms with Gasteiger partial charge in [0.1, 0.15) is 11.3 Å². The lowest BCUT2D eigenvalue weighted by Gasteiger charge is -2.11. The van der Waals surface area contributed by atoms with Crippen LogP contribution in [0.1, 0.15) is 22.8 Å². The maximum Gasteiger partial charge on any atom is 0.336 e. The molecule has 0 aliphatic carbocycles. The summed E-state index contributed by atoms with van der Waals surface area (Å²) in [4.78, 5) is 23.2. The molecule has 5 nitrogen and oxygen atoms in total. The van der Waals surface area contributed by atoms with Crippen LogP contribution in [0.5, 0.6) is 5.75 Å². The number of fused-ring (bicyclic) bond motifs is 1. The fourth-order valence-electron chi connectivity index (χ4n) is 1.94. The number of hydrogen-bond acceptors (Lipinski definition) is 5. The van der Waals surface area contributed by atoms with Crippen molar-refractivity contribution in [3.63, 3.8) is 0 Å². The third-order valence-electron chi connectivity index (χ3n) is 2.77. The first kappa shape index (κ1) is 13.3. The van der Waals surface area contributed by atoms with Crippen molar-refractivity contribution in [2.45, 2.75) is 13.8 Å². The minimum atomic E-state index is -0.489. The number of Topliss-reactive ketones (excluding diaryl/α,β-unsaturated/α-hetero) is 1. The smallest absolute Gasteiger partial charge is 0.336 e. The topological polar surface area (TPSA) is 65.7 Å². The van der Waals surface area contributed by atoms with Gasteiger partial charge in [-0.2, -0.15) is 0 Å². The third kappa shape index (κ3) is 2.51. The van der Waals surface area contributed by atoms with Crippen molar-refractivity contribution in [2.24, 2.45) is 0 Å². The summed E-state index contributed by atoms with van der Waals surface area (Å²) in [5, 5.41) is 0.717. The largest absolute Gasteiger partial charge is 0.467 e. The van der Waals surface area contributed by atoms with Gasteiger partial charge in [0.15, 0.2) is 18.2 Å². The zero-order valence-electron chi connectivity index (χ0n) is 11.0. The van der Waals surface area contributed by atoms with Gasteiger partial charge in [0.05, 0.1) is 0 Å². The molecule has 0 saturated carbocycles. The number of aryl methyl sites for hydroxylation is 1. The van der Waals surface area contributed by atoms with Gasteiger partial charge >= 0.3 is 5.63 Å². The summed E-state index contributed by atoms with van der Waals surface area (Å²) in [7, 11) is 1.48. The normalized spacial score (nSPS) is 10.7. The second-order valence-corrected chi connectivity index (χ2v) is 4.17. The highest BCUT2D eigenvalue weighted by Gasteiger charge is 2.17. The average molecular weight is 262 g/mol. The molecule has 0 bridgehead atoms. The first-order chi connectivity index (χ1) is 9.04. The number of rotatable bonds is 4. The van der Waals surface area contributed by atoms with E-state index in [-0.39, 0.29) is 23.7 Å². The standard InChI is InChI=1S/C14H14O5/c1-8-6-12(16)19-14-10(8)4-5-11(18-7-17-3)13(14)9(2)15/h4-6H,7H2,1-3H3. The fraction of sp³-hybridized carbons (Fsp3) is 0.286. The van der Waals surface area contributed by atoms with Crippen LogP contribution in [0.4, 0.5) is 0 Å². The number of benzene rings is 1. The van der Waals surface area contributed by atoms with E-state index in [0.717, 1.165) is 10.9 Å². The van der Waals surface area contributed by atoms with Crippen LogP contribution in [0.15, 0.2) is 27.4 Å². The van der Waals surface area contributed by atoms with E-state index in [2.05, 4.69) is 0 Å². The van der Waals surface area contributed by atoms with Crippen LogP contribution in [0.2, 0.25) is 0 Å². The first-order valence-corrected chi connectivity index (χ1v) is 5.74. The summed E-state index contributed by atoms with van der Waals surface area (Å²) in [5.41, 5.74) is 0.782. The molecule has 0 unspecified atom stereocenters. The maximum atomic E-state index is 11.8. The molecule has 0 saturated heterocycles. The lowest BCUT2D eigenvalue weighted by Crippen LogP contribution is -2.07. The average Bonchev–Trinajstić information content (AvgIpc) is 2.34. The molecule has 5 heteroatoms.